The van der Waals surface area contributed by atoms with E-state index in [9.17, 15) is 25.2 Å². The second-order valence-corrected chi connectivity index (χ2v) is 4.15. The number of aliphatic carboxylic acids is 1. The first-order valence-electron chi connectivity index (χ1n) is 5.74. The number of phenolic OH excluding ortho intramolecular Hbond substituents is 3. The summed E-state index contributed by atoms with van der Waals surface area (Å²) in [5, 5.41) is 37.3. The Kier molecular flexibility index (Phi) is 3.61. The zero-order valence-corrected chi connectivity index (χ0v) is 10.3. The zero-order valence-electron chi connectivity index (χ0n) is 10.3. The van der Waals surface area contributed by atoms with Crippen LogP contribution in [0.2, 0.25) is 0 Å². The number of rotatable bonds is 3. The number of hydrogen-bond donors (Lipinski definition) is 4. The Morgan fingerprint density at radius 2 is 1.50 bits per heavy atom. The van der Waals surface area contributed by atoms with E-state index in [0.717, 1.165) is 6.07 Å². The average Bonchev–Trinajstić information content (AvgIpc) is 2.39. The van der Waals surface area contributed by atoms with Crippen LogP contribution in [0, 0.1) is 0 Å². The van der Waals surface area contributed by atoms with Gasteiger partial charge in [-0.2, -0.15) is 0 Å². The molecule has 0 aliphatic rings. The molecule has 0 saturated heterocycles. The van der Waals surface area contributed by atoms with E-state index in [0.29, 0.717) is 5.56 Å². The molecule has 0 aromatic heterocycles. The Balaban J connectivity index is 2.50. The van der Waals surface area contributed by atoms with Crippen LogP contribution in [0.1, 0.15) is 11.1 Å². The van der Waals surface area contributed by atoms with Crippen LogP contribution < -0.4 is 0 Å². The molecule has 0 heterocycles. The van der Waals surface area contributed by atoms with Gasteiger partial charge in [0, 0.05) is 11.6 Å². The lowest BCUT2D eigenvalue weighted by atomic mass is 10.0. The molecule has 0 aliphatic carbocycles. The van der Waals surface area contributed by atoms with E-state index in [1.54, 1.807) is 0 Å². The third-order valence-electron chi connectivity index (χ3n) is 2.72. The molecule has 0 spiro atoms. The monoisotopic (exact) mass is 272 g/mol. The minimum absolute atomic E-state index is 0.0333. The molecule has 2 aromatic carbocycles. The minimum atomic E-state index is -1.16. The molecular weight excluding hydrogens is 260 g/mol. The van der Waals surface area contributed by atoms with Crippen molar-refractivity contribution >= 4 is 17.6 Å². The first-order chi connectivity index (χ1) is 9.47. The van der Waals surface area contributed by atoms with Gasteiger partial charge in [0.15, 0.2) is 0 Å². The highest BCUT2D eigenvalue weighted by molar-refractivity contribution is 6.20. The van der Waals surface area contributed by atoms with Crippen molar-refractivity contribution in [3.8, 4) is 17.2 Å². The van der Waals surface area contributed by atoms with Crippen LogP contribution in [0.3, 0.4) is 0 Å². The van der Waals surface area contributed by atoms with Crippen LogP contribution in [0.5, 0.6) is 17.2 Å². The Hall–Kier alpha value is -2.95. The van der Waals surface area contributed by atoms with E-state index >= 15 is 0 Å². The number of carbonyl (C=O) groups is 1. The minimum Gasteiger partial charge on any atom is -0.508 e. The van der Waals surface area contributed by atoms with Gasteiger partial charge in [-0.1, -0.05) is 12.1 Å². The predicted molar refractivity (Wildman–Crippen MR) is 73.4 cm³/mol. The highest BCUT2D eigenvalue weighted by Crippen LogP contribution is 2.27. The molecule has 4 N–H and O–H groups in total. The van der Waals surface area contributed by atoms with Crippen LogP contribution >= 0.6 is 0 Å². The topological polar surface area (TPSA) is 98.0 Å². The summed E-state index contributed by atoms with van der Waals surface area (Å²) < 4.78 is 0. The van der Waals surface area contributed by atoms with Gasteiger partial charge in [0.1, 0.15) is 17.2 Å². The molecule has 2 aromatic rings. The maximum absolute atomic E-state index is 11.3. The molecular formula is C15H12O5. The Labute approximate surface area is 114 Å². The fourth-order valence-corrected chi connectivity index (χ4v) is 1.72. The number of aromatic hydroxyl groups is 3. The molecule has 5 nitrogen and oxygen atoms in total. The van der Waals surface area contributed by atoms with E-state index in [1.807, 2.05) is 0 Å². The first-order valence-corrected chi connectivity index (χ1v) is 5.74. The van der Waals surface area contributed by atoms with E-state index < -0.39 is 5.97 Å². The zero-order chi connectivity index (χ0) is 14.7. The second-order valence-electron chi connectivity index (χ2n) is 4.15. The summed E-state index contributed by atoms with van der Waals surface area (Å²) in [6.45, 7) is 0. The van der Waals surface area contributed by atoms with Gasteiger partial charge < -0.3 is 20.4 Å². The first kappa shape index (κ1) is 13.5. The quantitative estimate of drug-likeness (QED) is 0.508. The van der Waals surface area contributed by atoms with E-state index in [-0.39, 0.29) is 28.4 Å². The summed E-state index contributed by atoms with van der Waals surface area (Å²) in [7, 11) is 0. The molecule has 0 unspecified atom stereocenters. The van der Waals surface area contributed by atoms with E-state index in [4.69, 9.17) is 0 Å². The van der Waals surface area contributed by atoms with Crippen LogP contribution in [-0.2, 0) is 4.79 Å². The molecule has 0 atom stereocenters. The number of phenols is 3. The molecule has 0 radical (unpaired) electrons. The van der Waals surface area contributed by atoms with Crippen molar-refractivity contribution in [2.75, 3.05) is 0 Å². The highest BCUT2D eigenvalue weighted by Gasteiger charge is 2.12. The lowest BCUT2D eigenvalue weighted by Crippen LogP contribution is -1.99. The summed E-state index contributed by atoms with van der Waals surface area (Å²) >= 11 is 0. The molecule has 0 fully saturated rings. The molecule has 0 saturated carbocycles. The maximum Gasteiger partial charge on any atom is 0.336 e. The molecule has 0 bridgehead atoms. The van der Waals surface area contributed by atoms with Crippen molar-refractivity contribution in [3.63, 3.8) is 0 Å². The molecule has 0 amide bonds. The largest absolute Gasteiger partial charge is 0.508 e. The molecule has 20 heavy (non-hydrogen) atoms. The Bertz CT molecular complexity index is 671. The van der Waals surface area contributed by atoms with Crippen molar-refractivity contribution in [1.29, 1.82) is 0 Å². The van der Waals surface area contributed by atoms with Gasteiger partial charge in [0.05, 0.1) is 5.57 Å². The van der Waals surface area contributed by atoms with Gasteiger partial charge in [0.2, 0.25) is 0 Å². The van der Waals surface area contributed by atoms with Gasteiger partial charge in [-0.25, -0.2) is 4.79 Å². The van der Waals surface area contributed by atoms with Gasteiger partial charge in [-0.05, 0) is 35.9 Å². The van der Waals surface area contributed by atoms with Crippen molar-refractivity contribution in [2.45, 2.75) is 0 Å². The standard InChI is InChI=1S/C15H12O5/c16-11-4-1-9(2-5-11)13(15(19)20)7-10-3-6-12(17)8-14(10)18/h1-8,16-18H,(H,19,20)/b13-7-. The fourth-order valence-electron chi connectivity index (χ4n) is 1.72. The lowest BCUT2D eigenvalue weighted by molar-refractivity contribution is -0.130. The molecule has 0 aliphatic heterocycles. The summed E-state index contributed by atoms with van der Waals surface area (Å²) in [5.41, 5.74) is 0.627. The van der Waals surface area contributed by atoms with E-state index in [1.165, 1.54) is 42.5 Å². The number of carboxylic acids is 1. The van der Waals surface area contributed by atoms with Crippen molar-refractivity contribution in [3.05, 3.63) is 53.6 Å². The average molecular weight is 272 g/mol. The van der Waals surface area contributed by atoms with Crippen molar-refractivity contribution in [2.24, 2.45) is 0 Å². The van der Waals surface area contributed by atoms with Crippen molar-refractivity contribution in [1.82, 2.24) is 0 Å². The fraction of sp³-hybridized carbons (Fsp3) is 0. The van der Waals surface area contributed by atoms with Crippen LogP contribution in [0.25, 0.3) is 11.6 Å². The number of carboxylic acid groups (broad SMARTS) is 1. The van der Waals surface area contributed by atoms with Crippen molar-refractivity contribution < 1.29 is 25.2 Å². The molecule has 5 heteroatoms. The Morgan fingerprint density at radius 3 is 2.05 bits per heavy atom. The number of hydrogen-bond acceptors (Lipinski definition) is 4. The summed E-state index contributed by atoms with van der Waals surface area (Å²) in [5.74, 6) is -1.46. The molecule has 102 valence electrons. The smallest absolute Gasteiger partial charge is 0.336 e. The maximum atomic E-state index is 11.3. The van der Waals surface area contributed by atoms with Crippen LogP contribution in [0.15, 0.2) is 42.5 Å². The summed E-state index contributed by atoms with van der Waals surface area (Å²) in [6, 6.07) is 9.57. The van der Waals surface area contributed by atoms with Gasteiger partial charge in [-0.15, -0.1) is 0 Å². The summed E-state index contributed by atoms with van der Waals surface area (Å²) in [4.78, 5) is 11.3. The molecule has 2 rings (SSSR count). The van der Waals surface area contributed by atoms with Gasteiger partial charge >= 0.3 is 5.97 Å². The van der Waals surface area contributed by atoms with Crippen LogP contribution in [0.4, 0.5) is 0 Å². The predicted octanol–water partition coefficient (Wildman–Crippen LogP) is 2.43. The third-order valence-corrected chi connectivity index (χ3v) is 2.72. The van der Waals surface area contributed by atoms with Gasteiger partial charge in [0.25, 0.3) is 0 Å². The Morgan fingerprint density at radius 1 is 0.900 bits per heavy atom. The third kappa shape index (κ3) is 2.89. The van der Waals surface area contributed by atoms with Crippen LogP contribution in [-0.4, -0.2) is 26.4 Å². The lowest BCUT2D eigenvalue weighted by Gasteiger charge is -2.05. The van der Waals surface area contributed by atoms with E-state index in [2.05, 4.69) is 0 Å². The summed E-state index contributed by atoms with van der Waals surface area (Å²) in [6.07, 6.45) is 1.30. The van der Waals surface area contributed by atoms with Gasteiger partial charge in [-0.3, -0.25) is 0 Å². The number of benzene rings is 2. The second kappa shape index (κ2) is 5.36. The SMILES string of the molecule is O=C(O)/C(=C\c1ccc(O)cc1O)c1ccc(O)cc1. The highest BCUT2D eigenvalue weighted by atomic mass is 16.4. The normalized spacial score (nSPS) is 11.3.